The maximum Gasteiger partial charge on any atom is 1.00 e. The maximum absolute atomic E-state index is 12.8. The van der Waals surface area contributed by atoms with Gasteiger partial charge >= 0.3 is 35.5 Å². The van der Waals surface area contributed by atoms with Crippen LogP contribution in [0.1, 0.15) is 6.92 Å². The summed E-state index contributed by atoms with van der Waals surface area (Å²) in [5, 5.41) is 9.46. The number of pyridine rings is 1. The smallest absolute Gasteiger partial charge is 1.00 e. The van der Waals surface area contributed by atoms with Crippen molar-refractivity contribution in [3.63, 3.8) is 0 Å². The summed E-state index contributed by atoms with van der Waals surface area (Å²) in [6.45, 7) is 4.62. The zero-order valence-electron chi connectivity index (χ0n) is 16.6. The number of aliphatic carboxylic acids is 1. The first-order valence-electron chi connectivity index (χ1n) is 8.93. The normalized spacial score (nSPS) is 16.0. The second-order valence-corrected chi connectivity index (χ2v) is 6.46. The van der Waals surface area contributed by atoms with Gasteiger partial charge in [-0.25, -0.2) is 4.79 Å². The summed E-state index contributed by atoms with van der Waals surface area (Å²) in [7, 11) is 0. The van der Waals surface area contributed by atoms with Gasteiger partial charge in [0.2, 0.25) is 5.78 Å². The number of ketones is 1. The van der Waals surface area contributed by atoms with Crippen LogP contribution in [0, 0.1) is 0 Å². The molecule has 1 aliphatic rings. The predicted octanol–water partition coefficient (Wildman–Crippen LogP) is -4.30. The number of aromatic nitrogens is 1. The Balaban J connectivity index is 0.00000210. The van der Waals surface area contributed by atoms with E-state index in [4.69, 9.17) is 4.74 Å². The van der Waals surface area contributed by atoms with Gasteiger partial charge in [-0.05, 0) is 31.2 Å². The fraction of sp³-hybridized carbons (Fsp3) is 0.350. The molecule has 0 radical (unpaired) electrons. The molecule has 0 bridgehead atoms. The SMILES string of the molecule is CC(C(=O)C(Oc1ccccc1)C(=O)O)N1CCN(c2ccncc2)CC1.[Cl-].[Na+]. The topological polar surface area (TPSA) is 83.0 Å². The minimum atomic E-state index is -1.51. The van der Waals surface area contributed by atoms with Crippen LogP contribution in [-0.4, -0.2) is 65.1 Å². The Bertz CT molecular complexity index is 774. The summed E-state index contributed by atoms with van der Waals surface area (Å²) >= 11 is 0. The molecule has 2 aromatic rings. The third kappa shape index (κ3) is 6.69. The van der Waals surface area contributed by atoms with E-state index in [0.717, 1.165) is 18.8 Å². The van der Waals surface area contributed by atoms with Crippen LogP contribution in [0.15, 0.2) is 54.9 Å². The second-order valence-electron chi connectivity index (χ2n) is 6.46. The number of benzene rings is 1. The van der Waals surface area contributed by atoms with E-state index in [0.29, 0.717) is 18.8 Å². The Kier molecular flexibility index (Phi) is 10.6. The molecular formula is C20H23ClN3NaO4. The van der Waals surface area contributed by atoms with Crippen LogP contribution in [0.4, 0.5) is 5.69 Å². The van der Waals surface area contributed by atoms with Crippen LogP contribution < -0.4 is 51.6 Å². The molecular weight excluding hydrogens is 405 g/mol. The Morgan fingerprint density at radius 3 is 2.17 bits per heavy atom. The minimum Gasteiger partial charge on any atom is -1.00 e. The van der Waals surface area contributed by atoms with Crippen molar-refractivity contribution in [3.05, 3.63) is 54.9 Å². The Morgan fingerprint density at radius 2 is 1.62 bits per heavy atom. The summed E-state index contributed by atoms with van der Waals surface area (Å²) in [6.07, 6.45) is 2.00. The summed E-state index contributed by atoms with van der Waals surface area (Å²) in [5.41, 5.74) is 1.10. The molecule has 1 fully saturated rings. The monoisotopic (exact) mass is 427 g/mol. The largest absolute Gasteiger partial charge is 1.00 e. The number of carbonyl (C=O) groups excluding carboxylic acids is 1. The molecule has 0 spiro atoms. The Hall–Kier alpha value is -1.64. The first-order valence-corrected chi connectivity index (χ1v) is 8.93. The molecule has 0 saturated carbocycles. The van der Waals surface area contributed by atoms with Crippen molar-refractivity contribution >= 4 is 17.4 Å². The molecule has 29 heavy (non-hydrogen) atoms. The number of piperazine rings is 1. The quantitative estimate of drug-likeness (QED) is 0.353. The van der Waals surface area contributed by atoms with Crippen LogP contribution >= 0.6 is 0 Å². The van der Waals surface area contributed by atoms with Gasteiger partial charge in [0, 0.05) is 44.3 Å². The van der Waals surface area contributed by atoms with Gasteiger partial charge in [0.05, 0.1) is 6.04 Å². The van der Waals surface area contributed by atoms with Gasteiger partial charge in [0.25, 0.3) is 6.10 Å². The number of ether oxygens (including phenoxy) is 1. The molecule has 0 amide bonds. The number of anilines is 1. The van der Waals surface area contributed by atoms with Crippen LogP contribution in [0.3, 0.4) is 0 Å². The van der Waals surface area contributed by atoms with Crippen molar-refractivity contribution in [1.29, 1.82) is 0 Å². The first-order chi connectivity index (χ1) is 13.1. The third-order valence-corrected chi connectivity index (χ3v) is 4.78. The number of para-hydroxylation sites is 1. The van der Waals surface area contributed by atoms with Crippen molar-refractivity contribution in [2.24, 2.45) is 0 Å². The number of carboxylic acid groups (broad SMARTS) is 1. The van der Waals surface area contributed by atoms with E-state index >= 15 is 0 Å². The summed E-state index contributed by atoms with van der Waals surface area (Å²) in [4.78, 5) is 32.6. The van der Waals surface area contributed by atoms with Gasteiger partial charge in [-0.2, -0.15) is 0 Å². The minimum absolute atomic E-state index is 0. The average molecular weight is 428 g/mol. The van der Waals surface area contributed by atoms with Crippen molar-refractivity contribution in [3.8, 4) is 5.75 Å². The van der Waals surface area contributed by atoms with Gasteiger partial charge < -0.3 is 27.2 Å². The molecule has 2 atom stereocenters. The number of carboxylic acids is 1. The van der Waals surface area contributed by atoms with E-state index in [1.54, 1.807) is 49.6 Å². The molecule has 0 aliphatic carbocycles. The van der Waals surface area contributed by atoms with Gasteiger partial charge in [-0.3, -0.25) is 14.7 Å². The van der Waals surface area contributed by atoms with E-state index < -0.39 is 23.9 Å². The number of nitrogens with zero attached hydrogens (tertiary/aromatic N) is 3. The summed E-state index contributed by atoms with van der Waals surface area (Å²) in [6, 6.07) is 11.9. The van der Waals surface area contributed by atoms with Crippen LogP contribution in [0.2, 0.25) is 0 Å². The van der Waals surface area contributed by atoms with E-state index in [1.807, 2.05) is 17.0 Å². The maximum atomic E-state index is 12.8. The fourth-order valence-corrected chi connectivity index (χ4v) is 3.19. The Morgan fingerprint density at radius 1 is 1.03 bits per heavy atom. The van der Waals surface area contributed by atoms with Gasteiger partial charge in [0.1, 0.15) is 5.75 Å². The summed E-state index contributed by atoms with van der Waals surface area (Å²) < 4.78 is 5.45. The van der Waals surface area contributed by atoms with E-state index in [2.05, 4.69) is 9.88 Å². The van der Waals surface area contributed by atoms with E-state index in [1.165, 1.54) is 0 Å². The molecule has 9 heteroatoms. The van der Waals surface area contributed by atoms with Crippen molar-refractivity contribution < 1.29 is 61.4 Å². The Labute approximate surface area is 198 Å². The van der Waals surface area contributed by atoms with E-state index in [-0.39, 0.29) is 42.0 Å². The van der Waals surface area contributed by atoms with Crippen molar-refractivity contribution in [1.82, 2.24) is 9.88 Å². The molecule has 1 N–H and O–H groups in total. The number of rotatable bonds is 7. The van der Waals surface area contributed by atoms with Crippen LogP contribution in [0.5, 0.6) is 5.75 Å². The molecule has 1 saturated heterocycles. The van der Waals surface area contributed by atoms with Gasteiger partial charge in [-0.15, -0.1) is 0 Å². The average Bonchev–Trinajstić information content (AvgIpc) is 2.72. The zero-order chi connectivity index (χ0) is 19.2. The molecule has 1 aromatic carbocycles. The molecule has 3 rings (SSSR count). The predicted molar refractivity (Wildman–Crippen MR) is 101 cm³/mol. The van der Waals surface area contributed by atoms with Crippen LogP contribution in [0.25, 0.3) is 0 Å². The third-order valence-electron chi connectivity index (χ3n) is 4.78. The van der Waals surface area contributed by atoms with Crippen molar-refractivity contribution in [2.75, 3.05) is 31.1 Å². The number of Topliss-reactive ketones (excluding diaryl/α,β-unsaturated/α-hetero) is 1. The molecule has 1 aromatic heterocycles. The molecule has 150 valence electrons. The fourth-order valence-electron chi connectivity index (χ4n) is 3.19. The molecule has 1 aliphatic heterocycles. The van der Waals surface area contributed by atoms with Crippen molar-refractivity contribution in [2.45, 2.75) is 19.1 Å². The van der Waals surface area contributed by atoms with Gasteiger partial charge in [-0.1, -0.05) is 18.2 Å². The summed E-state index contributed by atoms with van der Waals surface area (Å²) in [5.74, 6) is -1.34. The first kappa shape index (κ1) is 25.4. The van der Waals surface area contributed by atoms with E-state index in [9.17, 15) is 14.7 Å². The number of halogens is 1. The molecule has 7 nitrogen and oxygen atoms in total. The van der Waals surface area contributed by atoms with Gasteiger partial charge in [0.15, 0.2) is 0 Å². The molecule has 2 unspecified atom stereocenters. The second kappa shape index (κ2) is 12.1. The zero-order valence-corrected chi connectivity index (χ0v) is 19.3. The number of carbonyl (C=O) groups is 2. The number of hydrogen-bond acceptors (Lipinski definition) is 6. The standard InChI is InChI=1S/C20H23N3O4.ClH.Na/c1-15(18(24)19(20(25)26)27-17-5-3-2-4-6-17)22-11-13-23(14-12-22)16-7-9-21-10-8-16;;/h2-10,15,19H,11-14H2,1H3,(H,25,26);1H;/q;;+1/p-1. The van der Waals surface area contributed by atoms with Crippen LogP contribution in [-0.2, 0) is 9.59 Å². The molecule has 2 heterocycles. The number of hydrogen-bond donors (Lipinski definition) is 1.